The molecule has 0 aliphatic carbocycles. The van der Waals surface area contributed by atoms with Gasteiger partial charge in [0.05, 0.1) is 27.6 Å². The quantitative estimate of drug-likeness (QED) is 0.566. The first kappa shape index (κ1) is 20.7. The van der Waals surface area contributed by atoms with E-state index in [1.807, 2.05) is 35.8 Å². The fourth-order valence-corrected chi connectivity index (χ4v) is 4.89. The van der Waals surface area contributed by atoms with E-state index in [4.69, 9.17) is 16.3 Å². The molecule has 2 heterocycles. The zero-order chi connectivity index (χ0) is 20.1. The molecule has 0 aliphatic rings. The number of amides is 2. The third-order valence-electron chi connectivity index (χ3n) is 3.84. The van der Waals surface area contributed by atoms with Crippen LogP contribution in [0.5, 0.6) is 0 Å². The van der Waals surface area contributed by atoms with E-state index >= 15 is 0 Å². The summed E-state index contributed by atoms with van der Waals surface area (Å²) in [7, 11) is 0. The molecule has 9 heteroatoms. The zero-order valence-electron chi connectivity index (χ0n) is 15.5. The van der Waals surface area contributed by atoms with E-state index in [0.717, 1.165) is 15.1 Å². The van der Waals surface area contributed by atoms with Crippen LogP contribution in [0.3, 0.4) is 0 Å². The molecule has 0 saturated carbocycles. The van der Waals surface area contributed by atoms with Crippen molar-refractivity contribution >= 4 is 62.0 Å². The summed E-state index contributed by atoms with van der Waals surface area (Å²) < 4.78 is 9.05. The molecule has 3 rings (SSSR count). The molecule has 0 fully saturated rings. The van der Waals surface area contributed by atoms with Gasteiger partial charge in [0.15, 0.2) is 4.80 Å². The van der Waals surface area contributed by atoms with Crippen LogP contribution in [0, 0.1) is 0 Å². The molecule has 0 atom stereocenters. The van der Waals surface area contributed by atoms with Crippen LogP contribution in [0.2, 0.25) is 4.34 Å². The fourth-order valence-electron chi connectivity index (χ4n) is 2.70. The molecule has 148 valence electrons. The van der Waals surface area contributed by atoms with Crippen molar-refractivity contribution < 1.29 is 14.3 Å². The topological polar surface area (TPSA) is 72.7 Å². The summed E-state index contributed by atoms with van der Waals surface area (Å²) in [5.74, 6) is -0.354. The lowest BCUT2D eigenvalue weighted by atomic mass is 10.3. The van der Waals surface area contributed by atoms with E-state index in [2.05, 4.69) is 10.3 Å². The van der Waals surface area contributed by atoms with Crippen LogP contribution in [0.4, 0.5) is 5.69 Å². The van der Waals surface area contributed by atoms with Gasteiger partial charge in [-0.25, -0.2) is 0 Å². The number of anilines is 1. The number of carbonyl (C=O) groups excluding carboxylic acids is 2. The normalized spacial score (nSPS) is 11.9. The van der Waals surface area contributed by atoms with Gasteiger partial charge >= 0.3 is 0 Å². The molecule has 28 heavy (non-hydrogen) atoms. The average Bonchev–Trinajstić information content (AvgIpc) is 3.17. The highest BCUT2D eigenvalue weighted by atomic mass is 35.5. The highest BCUT2D eigenvalue weighted by Crippen LogP contribution is 2.23. The van der Waals surface area contributed by atoms with Crippen molar-refractivity contribution in [1.82, 2.24) is 4.57 Å². The molecule has 0 bridgehead atoms. The lowest BCUT2D eigenvalue weighted by molar-refractivity contribution is -0.117. The number of carbonyl (C=O) groups is 2. The Labute approximate surface area is 175 Å². The number of hydrogen-bond acceptors (Lipinski definition) is 5. The molecule has 2 amide bonds. The predicted octanol–water partition coefficient (Wildman–Crippen LogP) is 4.08. The van der Waals surface area contributed by atoms with Crippen molar-refractivity contribution in [2.45, 2.75) is 26.8 Å². The SMILES string of the molecule is CCOCCn1c(=NC(=O)Cc2ccc(Cl)s2)sc2cc(NC(C)=O)ccc21. The van der Waals surface area contributed by atoms with E-state index < -0.39 is 0 Å². The van der Waals surface area contributed by atoms with Crippen molar-refractivity contribution in [2.24, 2.45) is 4.99 Å². The van der Waals surface area contributed by atoms with Gasteiger partial charge in [0.1, 0.15) is 0 Å². The molecule has 0 aliphatic heterocycles. The number of rotatable bonds is 7. The second-order valence-corrected chi connectivity index (χ2v) is 8.79. The van der Waals surface area contributed by atoms with Gasteiger partial charge in [-0.15, -0.1) is 11.3 Å². The summed E-state index contributed by atoms with van der Waals surface area (Å²) in [5.41, 5.74) is 1.66. The number of aromatic nitrogens is 1. The molecular formula is C19H20ClN3O3S2. The number of thiazole rings is 1. The van der Waals surface area contributed by atoms with Gasteiger partial charge in [0, 0.05) is 30.6 Å². The van der Waals surface area contributed by atoms with Crippen molar-refractivity contribution in [3.63, 3.8) is 0 Å². The number of nitrogens with zero attached hydrogens (tertiary/aromatic N) is 2. The summed E-state index contributed by atoms with van der Waals surface area (Å²) in [6, 6.07) is 9.27. The van der Waals surface area contributed by atoms with Gasteiger partial charge in [0.25, 0.3) is 5.91 Å². The average molecular weight is 438 g/mol. The Bertz CT molecular complexity index is 1070. The van der Waals surface area contributed by atoms with Gasteiger partial charge < -0.3 is 14.6 Å². The monoisotopic (exact) mass is 437 g/mol. The first-order valence-corrected chi connectivity index (χ1v) is 10.8. The van der Waals surface area contributed by atoms with Crippen molar-refractivity contribution in [3.05, 3.63) is 44.3 Å². The number of nitrogens with one attached hydrogen (secondary N) is 1. The highest BCUT2D eigenvalue weighted by Gasteiger charge is 2.11. The van der Waals surface area contributed by atoms with E-state index in [-0.39, 0.29) is 18.2 Å². The van der Waals surface area contributed by atoms with Crippen molar-refractivity contribution in [2.75, 3.05) is 18.5 Å². The smallest absolute Gasteiger partial charge is 0.253 e. The number of benzene rings is 1. The molecule has 3 aromatic rings. The first-order valence-electron chi connectivity index (χ1n) is 8.76. The van der Waals surface area contributed by atoms with E-state index in [1.54, 1.807) is 6.07 Å². The number of thiophene rings is 1. The fraction of sp³-hybridized carbons (Fsp3) is 0.316. The maximum absolute atomic E-state index is 12.5. The number of fused-ring (bicyclic) bond motifs is 1. The summed E-state index contributed by atoms with van der Waals surface area (Å²) in [5, 5.41) is 2.78. The maximum atomic E-state index is 12.5. The van der Waals surface area contributed by atoms with Crippen LogP contribution in [0.15, 0.2) is 35.3 Å². The zero-order valence-corrected chi connectivity index (χ0v) is 17.9. The minimum Gasteiger partial charge on any atom is -0.380 e. The molecule has 1 N–H and O–H groups in total. The van der Waals surface area contributed by atoms with Crippen LogP contribution in [-0.4, -0.2) is 29.6 Å². The van der Waals surface area contributed by atoms with E-state index in [0.29, 0.717) is 34.6 Å². The molecule has 0 saturated heterocycles. The number of halogens is 1. The second-order valence-electron chi connectivity index (χ2n) is 5.99. The largest absolute Gasteiger partial charge is 0.380 e. The lowest BCUT2D eigenvalue weighted by Crippen LogP contribution is -2.20. The molecule has 6 nitrogen and oxygen atoms in total. The van der Waals surface area contributed by atoms with Crippen LogP contribution < -0.4 is 10.1 Å². The van der Waals surface area contributed by atoms with Gasteiger partial charge in [-0.1, -0.05) is 22.9 Å². The number of ether oxygens (including phenoxy) is 1. The maximum Gasteiger partial charge on any atom is 0.253 e. The van der Waals surface area contributed by atoms with Crippen molar-refractivity contribution in [1.29, 1.82) is 0 Å². The Morgan fingerprint density at radius 1 is 1.25 bits per heavy atom. The molecule has 0 spiro atoms. The third kappa shape index (κ3) is 5.29. The summed E-state index contributed by atoms with van der Waals surface area (Å²) in [4.78, 5) is 29.6. The molecule has 0 unspecified atom stereocenters. The van der Waals surface area contributed by atoms with Crippen molar-refractivity contribution in [3.8, 4) is 0 Å². The molecule has 1 aromatic carbocycles. The Kier molecular flexibility index (Phi) is 7.01. The predicted molar refractivity (Wildman–Crippen MR) is 114 cm³/mol. The molecular weight excluding hydrogens is 418 g/mol. The highest BCUT2D eigenvalue weighted by molar-refractivity contribution is 7.16. The minimum atomic E-state index is -0.225. The first-order chi connectivity index (χ1) is 13.5. The van der Waals surface area contributed by atoms with Gasteiger partial charge in [-0.05, 0) is 37.3 Å². The Morgan fingerprint density at radius 2 is 2.07 bits per heavy atom. The van der Waals surface area contributed by atoms with Gasteiger partial charge in [0.2, 0.25) is 5.91 Å². The summed E-state index contributed by atoms with van der Waals surface area (Å²) in [6.07, 6.45) is 0.217. The van der Waals surface area contributed by atoms with Crippen LogP contribution >= 0.6 is 34.3 Å². The Balaban J connectivity index is 1.96. The second kappa shape index (κ2) is 9.47. The van der Waals surface area contributed by atoms with Gasteiger partial charge in [-0.2, -0.15) is 4.99 Å². The van der Waals surface area contributed by atoms with Crippen LogP contribution in [0.1, 0.15) is 18.7 Å². The lowest BCUT2D eigenvalue weighted by Gasteiger charge is -2.06. The number of hydrogen-bond donors (Lipinski definition) is 1. The van der Waals surface area contributed by atoms with E-state index in [9.17, 15) is 9.59 Å². The molecule has 0 radical (unpaired) electrons. The Hall–Kier alpha value is -2.00. The third-order valence-corrected chi connectivity index (χ3v) is 6.11. The Morgan fingerprint density at radius 3 is 2.75 bits per heavy atom. The standard InChI is InChI=1S/C19H20ClN3O3S2/c1-3-26-9-8-23-15-6-4-13(21-12(2)24)10-16(15)28-19(23)22-18(25)11-14-5-7-17(20)27-14/h4-7,10H,3,8-9,11H2,1-2H3,(H,21,24). The van der Waals surface area contributed by atoms with Crippen LogP contribution in [-0.2, 0) is 27.3 Å². The van der Waals surface area contributed by atoms with Crippen LogP contribution in [0.25, 0.3) is 10.2 Å². The molecule has 2 aromatic heterocycles. The van der Waals surface area contributed by atoms with E-state index in [1.165, 1.54) is 29.6 Å². The summed E-state index contributed by atoms with van der Waals surface area (Å²) >= 11 is 8.73. The summed E-state index contributed by atoms with van der Waals surface area (Å²) in [6.45, 7) is 5.15. The van der Waals surface area contributed by atoms with Gasteiger partial charge in [-0.3, -0.25) is 9.59 Å². The minimum absolute atomic E-state index is 0.130.